The molecule has 0 radical (unpaired) electrons. The van der Waals surface area contributed by atoms with Gasteiger partial charge in [-0.15, -0.1) is 0 Å². The van der Waals surface area contributed by atoms with Gasteiger partial charge in [-0.05, 0) is 73.5 Å². The van der Waals surface area contributed by atoms with Crippen molar-refractivity contribution in [1.82, 2.24) is 4.31 Å². The van der Waals surface area contributed by atoms with Crippen LogP contribution in [-0.2, 0) is 14.8 Å². The molecule has 1 heterocycles. The normalized spacial score (nSPS) is 16.8. The van der Waals surface area contributed by atoms with Crippen LogP contribution in [0.3, 0.4) is 0 Å². The van der Waals surface area contributed by atoms with Crippen molar-refractivity contribution in [3.63, 3.8) is 0 Å². The number of nitrogens with one attached hydrogen (secondary N) is 1. The van der Waals surface area contributed by atoms with E-state index >= 15 is 0 Å². The van der Waals surface area contributed by atoms with Crippen LogP contribution in [0.4, 0.5) is 5.69 Å². The van der Waals surface area contributed by atoms with Gasteiger partial charge in [-0.2, -0.15) is 4.31 Å². The Balaban J connectivity index is 1.39. The average Bonchev–Trinajstić information content (AvgIpc) is 2.81. The van der Waals surface area contributed by atoms with E-state index in [1.54, 1.807) is 36.4 Å². The van der Waals surface area contributed by atoms with Crippen molar-refractivity contribution in [1.29, 1.82) is 0 Å². The number of amides is 1. The van der Waals surface area contributed by atoms with Crippen LogP contribution in [0.2, 0.25) is 5.02 Å². The highest BCUT2D eigenvalue weighted by Gasteiger charge is 2.34. The molecular weight excluding hydrogens is 460 g/mol. The molecule has 1 amide bonds. The summed E-state index contributed by atoms with van der Waals surface area (Å²) in [6.45, 7) is 0.397. The molecule has 0 spiro atoms. The molecule has 1 atom stereocenters. The number of piperidine rings is 1. The van der Waals surface area contributed by atoms with E-state index in [-0.39, 0.29) is 23.3 Å². The Hall–Kier alpha value is -2.87. The van der Waals surface area contributed by atoms with Crippen LogP contribution in [0.25, 0.3) is 0 Å². The third-order valence-electron chi connectivity index (χ3n) is 5.53. The Morgan fingerprint density at radius 3 is 2.30 bits per heavy atom. The third-order valence-corrected chi connectivity index (χ3v) is 7.75. The van der Waals surface area contributed by atoms with E-state index in [1.807, 2.05) is 30.3 Å². The maximum absolute atomic E-state index is 13.2. The zero-order chi connectivity index (χ0) is 23.3. The number of hydrogen-bond donors (Lipinski definition) is 1. The van der Waals surface area contributed by atoms with E-state index in [0.717, 1.165) is 18.6 Å². The quantitative estimate of drug-likeness (QED) is 0.466. The number of halogens is 1. The van der Waals surface area contributed by atoms with Crippen LogP contribution in [-0.4, -0.2) is 31.2 Å². The lowest BCUT2D eigenvalue weighted by Gasteiger charge is -2.34. The summed E-state index contributed by atoms with van der Waals surface area (Å²) in [7, 11) is -3.70. The number of hydrogen-bond acceptors (Lipinski definition) is 4. The van der Waals surface area contributed by atoms with Gasteiger partial charge in [-0.1, -0.05) is 36.2 Å². The molecule has 0 aliphatic carbocycles. The van der Waals surface area contributed by atoms with Crippen molar-refractivity contribution in [2.45, 2.75) is 36.6 Å². The van der Waals surface area contributed by atoms with Gasteiger partial charge >= 0.3 is 0 Å². The van der Waals surface area contributed by atoms with Gasteiger partial charge in [0.15, 0.2) is 0 Å². The summed E-state index contributed by atoms with van der Waals surface area (Å²) >= 11 is 5.90. The van der Waals surface area contributed by atoms with E-state index < -0.39 is 10.0 Å². The van der Waals surface area contributed by atoms with Crippen LogP contribution in [0.15, 0.2) is 83.8 Å². The fraction of sp³-hybridized carbons (Fsp3) is 0.240. The zero-order valence-electron chi connectivity index (χ0n) is 18.0. The van der Waals surface area contributed by atoms with Crippen molar-refractivity contribution in [3.05, 3.63) is 83.9 Å². The molecule has 0 saturated carbocycles. The van der Waals surface area contributed by atoms with Gasteiger partial charge in [0.05, 0.1) is 4.90 Å². The molecule has 8 heteroatoms. The average molecular weight is 485 g/mol. The molecule has 1 aliphatic heterocycles. The lowest BCUT2D eigenvalue weighted by atomic mass is 10.0. The minimum absolute atomic E-state index is 0.0923. The molecule has 0 unspecified atom stereocenters. The second-order valence-electron chi connectivity index (χ2n) is 7.91. The van der Waals surface area contributed by atoms with E-state index in [9.17, 15) is 13.2 Å². The maximum Gasteiger partial charge on any atom is 0.243 e. The Kier molecular flexibility index (Phi) is 7.33. The highest BCUT2D eigenvalue weighted by atomic mass is 35.5. The lowest BCUT2D eigenvalue weighted by molar-refractivity contribution is -0.117. The second-order valence-corrected chi connectivity index (χ2v) is 10.2. The van der Waals surface area contributed by atoms with Crippen molar-refractivity contribution in [2.75, 3.05) is 11.9 Å². The number of carbonyl (C=O) groups is 1. The van der Waals surface area contributed by atoms with Gasteiger partial charge in [0.25, 0.3) is 0 Å². The minimum atomic E-state index is -3.70. The molecule has 33 heavy (non-hydrogen) atoms. The zero-order valence-corrected chi connectivity index (χ0v) is 19.6. The third kappa shape index (κ3) is 5.93. The maximum atomic E-state index is 13.2. The predicted molar refractivity (Wildman–Crippen MR) is 129 cm³/mol. The second kappa shape index (κ2) is 10.4. The largest absolute Gasteiger partial charge is 0.457 e. The SMILES string of the molecule is O=C(C[C@@H]1CCCCN1S(=O)(=O)c1ccc(Cl)cc1)Nc1ccc(Oc2ccccc2)cc1. The lowest BCUT2D eigenvalue weighted by Crippen LogP contribution is -2.45. The topological polar surface area (TPSA) is 75.7 Å². The number of sulfonamides is 1. The molecule has 0 aromatic heterocycles. The minimum Gasteiger partial charge on any atom is -0.457 e. The number of benzene rings is 3. The highest BCUT2D eigenvalue weighted by Crippen LogP contribution is 2.28. The first-order chi connectivity index (χ1) is 15.9. The number of nitrogens with zero attached hydrogens (tertiary/aromatic N) is 1. The van der Waals surface area contributed by atoms with Crippen molar-refractivity contribution >= 4 is 33.2 Å². The first kappa shape index (κ1) is 23.3. The van der Waals surface area contributed by atoms with Gasteiger partial charge in [0, 0.05) is 29.7 Å². The Labute approximate surface area is 199 Å². The van der Waals surface area contributed by atoms with Gasteiger partial charge in [0.2, 0.25) is 15.9 Å². The van der Waals surface area contributed by atoms with Crippen molar-refractivity contribution in [2.24, 2.45) is 0 Å². The summed E-state index contributed by atoms with van der Waals surface area (Å²) in [6, 6.07) is 22.3. The summed E-state index contributed by atoms with van der Waals surface area (Å²) in [5.41, 5.74) is 0.628. The van der Waals surface area contributed by atoms with Crippen LogP contribution in [0.5, 0.6) is 11.5 Å². The Morgan fingerprint density at radius 2 is 1.61 bits per heavy atom. The smallest absolute Gasteiger partial charge is 0.243 e. The molecule has 1 saturated heterocycles. The molecule has 1 aliphatic rings. The Morgan fingerprint density at radius 1 is 0.939 bits per heavy atom. The number of carbonyl (C=O) groups excluding carboxylic acids is 1. The summed E-state index contributed by atoms with van der Waals surface area (Å²) < 4.78 is 33.6. The van der Waals surface area contributed by atoms with Gasteiger partial charge in [-0.25, -0.2) is 8.42 Å². The van der Waals surface area contributed by atoms with Gasteiger partial charge in [-0.3, -0.25) is 4.79 Å². The Bertz CT molecular complexity index is 1180. The molecule has 6 nitrogen and oxygen atoms in total. The molecule has 1 N–H and O–H groups in total. The van der Waals surface area contributed by atoms with E-state index in [0.29, 0.717) is 29.4 Å². The van der Waals surface area contributed by atoms with Gasteiger partial charge in [0.1, 0.15) is 11.5 Å². The molecule has 172 valence electrons. The summed E-state index contributed by atoms with van der Waals surface area (Å²) in [4.78, 5) is 12.9. The monoisotopic (exact) mass is 484 g/mol. The molecule has 3 aromatic rings. The van der Waals surface area contributed by atoms with Crippen LogP contribution >= 0.6 is 11.6 Å². The fourth-order valence-corrected chi connectivity index (χ4v) is 5.71. The van der Waals surface area contributed by atoms with Crippen LogP contribution < -0.4 is 10.1 Å². The fourth-order valence-electron chi connectivity index (χ4n) is 3.89. The first-order valence-electron chi connectivity index (χ1n) is 10.8. The molecule has 4 rings (SSSR count). The van der Waals surface area contributed by atoms with Gasteiger partial charge < -0.3 is 10.1 Å². The number of para-hydroxylation sites is 1. The van der Waals surface area contributed by atoms with E-state index in [2.05, 4.69) is 5.32 Å². The predicted octanol–water partition coefficient (Wildman–Crippen LogP) is 5.70. The first-order valence-corrected chi connectivity index (χ1v) is 12.6. The van der Waals surface area contributed by atoms with Crippen molar-refractivity contribution in [3.8, 4) is 11.5 Å². The number of rotatable bonds is 7. The number of anilines is 1. The summed E-state index contributed by atoms with van der Waals surface area (Å²) in [5, 5.41) is 3.34. The highest BCUT2D eigenvalue weighted by molar-refractivity contribution is 7.89. The van der Waals surface area contributed by atoms with E-state index in [1.165, 1.54) is 16.4 Å². The van der Waals surface area contributed by atoms with Crippen LogP contribution in [0, 0.1) is 0 Å². The molecule has 0 bridgehead atoms. The molecule has 3 aromatic carbocycles. The van der Waals surface area contributed by atoms with Crippen molar-refractivity contribution < 1.29 is 17.9 Å². The summed E-state index contributed by atoms with van der Waals surface area (Å²) in [6.07, 6.45) is 2.39. The van der Waals surface area contributed by atoms with Crippen LogP contribution in [0.1, 0.15) is 25.7 Å². The standard InChI is InChI=1S/C25H25ClN2O4S/c26-19-9-15-24(16-10-19)33(30,31)28-17-5-4-6-21(28)18-25(29)27-20-11-13-23(14-12-20)32-22-7-2-1-3-8-22/h1-3,7-16,21H,4-6,17-18H2,(H,27,29)/t21-/m0/s1. The van der Waals surface area contributed by atoms with E-state index in [4.69, 9.17) is 16.3 Å². The number of ether oxygens (including phenoxy) is 1. The molecule has 1 fully saturated rings. The molecular formula is C25H25ClN2O4S. The summed E-state index contributed by atoms with van der Waals surface area (Å²) in [5.74, 6) is 1.16.